The largest absolute Gasteiger partial charge is 0.494 e. The van der Waals surface area contributed by atoms with Gasteiger partial charge in [-0.25, -0.2) is 0 Å². The number of carboxylic acids is 1. The predicted molar refractivity (Wildman–Crippen MR) is 110 cm³/mol. The van der Waals surface area contributed by atoms with E-state index in [0.29, 0.717) is 13.0 Å². The number of hydrogen-bond donors (Lipinski definition) is 1. The zero-order chi connectivity index (χ0) is 18.6. The first-order valence-corrected chi connectivity index (χ1v) is 9.97. The van der Waals surface area contributed by atoms with Gasteiger partial charge in [-0.2, -0.15) is 0 Å². The van der Waals surface area contributed by atoms with Crippen molar-refractivity contribution in [3.63, 3.8) is 0 Å². The minimum absolute atomic E-state index is 0. The van der Waals surface area contributed by atoms with E-state index in [2.05, 4.69) is 24.0 Å². The van der Waals surface area contributed by atoms with Gasteiger partial charge in [0.15, 0.2) is 0 Å². The van der Waals surface area contributed by atoms with Gasteiger partial charge in [-0.05, 0) is 37.1 Å². The highest BCUT2D eigenvalue weighted by Crippen LogP contribution is 2.24. The number of carbonyl (C=O) groups is 1. The maximum Gasteiger partial charge on any atom is 0.303 e. The van der Waals surface area contributed by atoms with Crippen molar-refractivity contribution in [2.75, 3.05) is 32.8 Å². The SMILES string of the molecule is CCCCCCCOc1ccc(C2CN(CCCC(=O)O)CCO2)cc1.Cl. The zero-order valence-electron chi connectivity index (χ0n) is 16.4. The minimum Gasteiger partial charge on any atom is -0.494 e. The first-order valence-electron chi connectivity index (χ1n) is 9.97. The van der Waals surface area contributed by atoms with Crippen molar-refractivity contribution in [3.8, 4) is 5.75 Å². The lowest BCUT2D eigenvalue weighted by atomic mass is 10.1. The van der Waals surface area contributed by atoms with Crippen molar-refractivity contribution < 1.29 is 19.4 Å². The van der Waals surface area contributed by atoms with Crippen molar-refractivity contribution in [1.82, 2.24) is 4.90 Å². The quantitative estimate of drug-likeness (QED) is 0.516. The lowest BCUT2D eigenvalue weighted by Crippen LogP contribution is -2.38. The number of rotatable bonds is 12. The van der Waals surface area contributed by atoms with E-state index >= 15 is 0 Å². The summed E-state index contributed by atoms with van der Waals surface area (Å²) in [6.45, 7) is 6.19. The maximum absolute atomic E-state index is 10.6. The maximum atomic E-state index is 10.6. The Labute approximate surface area is 169 Å². The van der Waals surface area contributed by atoms with E-state index in [4.69, 9.17) is 14.6 Å². The lowest BCUT2D eigenvalue weighted by Gasteiger charge is -2.33. The summed E-state index contributed by atoms with van der Waals surface area (Å²) in [5.74, 6) is 0.189. The molecule has 1 unspecified atom stereocenters. The molecule has 0 radical (unpaired) electrons. The molecule has 0 aromatic heterocycles. The molecular formula is C21H34ClNO4. The Bertz CT molecular complexity index is 523. The molecule has 1 N–H and O–H groups in total. The number of nitrogens with zero attached hydrogens (tertiary/aromatic N) is 1. The minimum atomic E-state index is -0.726. The number of aliphatic carboxylic acids is 1. The summed E-state index contributed by atoms with van der Waals surface area (Å²) in [6.07, 6.45) is 7.18. The molecule has 0 amide bonds. The average Bonchev–Trinajstić information content (AvgIpc) is 2.65. The molecule has 1 saturated heterocycles. The molecule has 0 spiro atoms. The van der Waals surface area contributed by atoms with E-state index in [1.807, 2.05) is 12.1 Å². The number of hydrogen-bond acceptors (Lipinski definition) is 4. The summed E-state index contributed by atoms with van der Waals surface area (Å²) in [5, 5.41) is 8.76. The Hall–Kier alpha value is -1.30. The first kappa shape index (κ1) is 23.7. The van der Waals surface area contributed by atoms with Crippen LogP contribution in [0.5, 0.6) is 5.75 Å². The molecule has 1 aliphatic rings. The smallest absolute Gasteiger partial charge is 0.303 e. The second-order valence-electron chi connectivity index (χ2n) is 6.99. The van der Waals surface area contributed by atoms with Gasteiger partial charge in [0.2, 0.25) is 0 Å². The Kier molecular flexibility index (Phi) is 12.1. The number of ether oxygens (including phenoxy) is 2. The summed E-state index contributed by atoms with van der Waals surface area (Å²) >= 11 is 0. The summed E-state index contributed by atoms with van der Waals surface area (Å²) in [4.78, 5) is 12.9. The molecule has 1 atom stereocenters. The van der Waals surface area contributed by atoms with Crippen LogP contribution in [0, 0.1) is 0 Å². The molecule has 1 fully saturated rings. The van der Waals surface area contributed by atoms with Crippen LogP contribution < -0.4 is 4.74 Å². The molecule has 2 rings (SSSR count). The number of carboxylic acid groups (broad SMARTS) is 1. The molecule has 1 aromatic carbocycles. The topological polar surface area (TPSA) is 59.0 Å². The number of morpholine rings is 1. The summed E-state index contributed by atoms with van der Waals surface area (Å²) in [7, 11) is 0. The average molecular weight is 400 g/mol. The Morgan fingerprint density at radius 1 is 1.19 bits per heavy atom. The van der Waals surface area contributed by atoms with Crippen molar-refractivity contribution in [1.29, 1.82) is 0 Å². The van der Waals surface area contributed by atoms with Crippen molar-refractivity contribution in [2.45, 2.75) is 58.0 Å². The van der Waals surface area contributed by atoms with Gasteiger partial charge < -0.3 is 14.6 Å². The van der Waals surface area contributed by atoms with Crippen molar-refractivity contribution >= 4 is 18.4 Å². The van der Waals surface area contributed by atoms with Crippen LogP contribution in [0.1, 0.15) is 63.5 Å². The standard InChI is InChI=1S/C21H33NO4.ClH/c1-2-3-4-5-6-15-25-19-11-9-18(10-12-19)20-17-22(14-16-26-20)13-7-8-21(23)24;/h9-12,20H,2-8,13-17H2,1H3,(H,23,24);1H. The lowest BCUT2D eigenvalue weighted by molar-refractivity contribution is -0.137. The fourth-order valence-corrected chi connectivity index (χ4v) is 3.24. The van der Waals surface area contributed by atoms with E-state index in [-0.39, 0.29) is 24.9 Å². The molecule has 27 heavy (non-hydrogen) atoms. The highest BCUT2D eigenvalue weighted by Gasteiger charge is 2.21. The van der Waals surface area contributed by atoms with Gasteiger partial charge >= 0.3 is 5.97 Å². The van der Waals surface area contributed by atoms with E-state index < -0.39 is 5.97 Å². The van der Waals surface area contributed by atoms with Gasteiger partial charge in [-0.1, -0.05) is 44.7 Å². The van der Waals surface area contributed by atoms with Crippen LogP contribution in [0.25, 0.3) is 0 Å². The fourth-order valence-electron chi connectivity index (χ4n) is 3.24. The molecule has 6 heteroatoms. The Morgan fingerprint density at radius 3 is 2.63 bits per heavy atom. The van der Waals surface area contributed by atoms with Gasteiger partial charge in [-0.15, -0.1) is 12.4 Å². The molecule has 5 nitrogen and oxygen atoms in total. The summed E-state index contributed by atoms with van der Waals surface area (Å²) in [5.41, 5.74) is 1.16. The third-order valence-corrected chi connectivity index (χ3v) is 4.78. The molecular weight excluding hydrogens is 366 g/mol. The highest BCUT2D eigenvalue weighted by atomic mass is 35.5. The van der Waals surface area contributed by atoms with Gasteiger partial charge in [0, 0.05) is 19.5 Å². The van der Waals surface area contributed by atoms with Crippen LogP contribution in [0.4, 0.5) is 0 Å². The van der Waals surface area contributed by atoms with Gasteiger partial charge in [0.25, 0.3) is 0 Å². The number of unbranched alkanes of at least 4 members (excludes halogenated alkanes) is 4. The Morgan fingerprint density at radius 2 is 1.93 bits per heavy atom. The van der Waals surface area contributed by atoms with Gasteiger partial charge in [0.1, 0.15) is 5.75 Å². The number of benzene rings is 1. The summed E-state index contributed by atoms with van der Waals surface area (Å²) < 4.78 is 11.7. The van der Waals surface area contributed by atoms with Crippen LogP contribution in [0.2, 0.25) is 0 Å². The van der Waals surface area contributed by atoms with Crippen LogP contribution in [-0.2, 0) is 9.53 Å². The molecule has 0 saturated carbocycles. The molecule has 1 heterocycles. The third kappa shape index (κ3) is 9.45. The van der Waals surface area contributed by atoms with Gasteiger partial charge in [0.05, 0.1) is 19.3 Å². The number of halogens is 1. The third-order valence-electron chi connectivity index (χ3n) is 4.78. The van der Waals surface area contributed by atoms with Crippen molar-refractivity contribution in [2.24, 2.45) is 0 Å². The second kappa shape index (κ2) is 13.8. The Balaban J connectivity index is 0.00000364. The fraction of sp³-hybridized carbons (Fsp3) is 0.667. The highest BCUT2D eigenvalue weighted by molar-refractivity contribution is 5.85. The molecule has 154 valence electrons. The molecule has 1 aliphatic heterocycles. The van der Waals surface area contributed by atoms with E-state index in [0.717, 1.165) is 44.0 Å². The van der Waals surface area contributed by atoms with E-state index in [1.165, 1.54) is 25.7 Å². The second-order valence-corrected chi connectivity index (χ2v) is 6.99. The first-order chi connectivity index (χ1) is 12.7. The van der Waals surface area contributed by atoms with Crippen LogP contribution in [0.15, 0.2) is 24.3 Å². The molecule has 1 aromatic rings. The molecule has 0 bridgehead atoms. The van der Waals surface area contributed by atoms with Crippen LogP contribution >= 0.6 is 12.4 Å². The van der Waals surface area contributed by atoms with Gasteiger partial charge in [-0.3, -0.25) is 9.69 Å². The van der Waals surface area contributed by atoms with E-state index in [1.54, 1.807) is 0 Å². The predicted octanol–water partition coefficient (Wildman–Crippen LogP) is 4.70. The van der Waals surface area contributed by atoms with Crippen LogP contribution in [0.3, 0.4) is 0 Å². The monoisotopic (exact) mass is 399 g/mol. The zero-order valence-corrected chi connectivity index (χ0v) is 17.2. The van der Waals surface area contributed by atoms with Crippen molar-refractivity contribution in [3.05, 3.63) is 29.8 Å². The molecule has 0 aliphatic carbocycles. The van der Waals surface area contributed by atoms with Crippen LogP contribution in [-0.4, -0.2) is 48.8 Å². The van der Waals surface area contributed by atoms with E-state index in [9.17, 15) is 4.79 Å². The summed E-state index contributed by atoms with van der Waals surface area (Å²) in [6, 6.07) is 8.21. The normalized spacial score (nSPS) is 17.3.